The van der Waals surface area contributed by atoms with Gasteiger partial charge >= 0.3 is 11.9 Å². The maximum absolute atomic E-state index is 14.0. The smallest absolute Gasteiger partial charge is 0.337 e. The zero-order chi connectivity index (χ0) is 35.5. The molecule has 50 heavy (non-hydrogen) atoms. The van der Waals surface area contributed by atoms with Gasteiger partial charge in [-0.05, 0) is 72.2 Å². The fraction of sp³-hybridized carbons (Fsp3) is 0.268. The van der Waals surface area contributed by atoms with Gasteiger partial charge in [0.25, 0.3) is 5.91 Å². The summed E-state index contributed by atoms with van der Waals surface area (Å²) in [5.41, 5.74) is 6.26. The van der Waals surface area contributed by atoms with Crippen molar-refractivity contribution < 1.29 is 24.6 Å². The molecule has 6 rings (SSSR count). The minimum Gasteiger partial charge on any atom is -0.478 e. The Kier molecular flexibility index (Phi) is 10.2. The Morgan fingerprint density at radius 2 is 1.64 bits per heavy atom. The van der Waals surface area contributed by atoms with Crippen LogP contribution in [0.4, 0.5) is 0 Å². The molecule has 4 aromatic carbocycles. The van der Waals surface area contributed by atoms with E-state index in [0.717, 1.165) is 61.4 Å². The molecule has 0 aliphatic heterocycles. The molecule has 0 unspecified atom stereocenters. The van der Waals surface area contributed by atoms with Crippen molar-refractivity contribution in [3.8, 4) is 11.1 Å². The van der Waals surface area contributed by atoms with Crippen molar-refractivity contribution in [2.75, 3.05) is 0 Å². The molecule has 0 saturated heterocycles. The summed E-state index contributed by atoms with van der Waals surface area (Å²) in [5.74, 6) is -0.898. The van der Waals surface area contributed by atoms with Crippen LogP contribution in [0.25, 0.3) is 32.2 Å². The van der Waals surface area contributed by atoms with Crippen molar-refractivity contribution in [1.29, 1.82) is 0 Å². The first-order chi connectivity index (χ1) is 24.0. The maximum atomic E-state index is 14.0. The molecule has 0 bridgehead atoms. The predicted octanol–water partition coefficient (Wildman–Crippen LogP) is 9.01. The number of carboxylic acid groups (broad SMARTS) is 2. The number of nitrogens with one attached hydrogen (secondary N) is 1. The third-order valence-corrected chi connectivity index (χ3v) is 10.2. The summed E-state index contributed by atoms with van der Waals surface area (Å²) < 4.78 is 3.09. The van der Waals surface area contributed by atoms with E-state index >= 15 is 0 Å². The average molecular weight is 688 g/mol. The number of aromatic nitrogens is 2. The molecule has 0 spiro atoms. The number of carboxylic acids is 2. The van der Waals surface area contributed by atoms with Crippen LogP contribution in [0.1, 0.15) is 86.5 Å². The molecule has 6 aromatic rings. The van der Waals surface area contributed by atoms with Crippen LogP contribution in [0.5, 0.6) is 0 Å². The zero-order valence-electron chi connectivity index (χ0n) is 28.7. The molecule has 1 amide bonds. The topological polar surface area (TPSA) is 122 Å². The van der Waals surface area contributed by atoms with Gasteiger partial charge in [0, 0.05) is 46.0 Å². The average Bonchev–Trinajstić information content (AvgIpc) is 3.62. The highest BCUT2D eigenvalue weighted by atomic mass is 32.1. The number of hydrogen-bond donors (Lipinski definition) is 3. The van der Waals surface area contributed by atoms with Gasteiger partial charge in [-0.1, -0.05) is 81.4 Å². The normalized spacial score (nSPS) is 12.1. The number of rotatable bonds is 13. The van der Waals surface area contributed by atoms with Gasteiger partial charge in [-0.2, -0.15) is 0 Å². The number of carbonyl (C=O) groups excluding carboxylic acids is 1. The Bertz CT molecular complexity index is 2210. The van der Waals surface area contributed by atoms with Crippen molar-refractivity contribution in [3.05, 3.63) is 123 Å². The highest BCUT2D eigenvalue weighted by Crippen LogP contribution is 2.33. The van der Waals surface area contributed by atoms with E-state index in [1.165, 1.54) is 11.3 Å². The van der Waals surface area contributed by atoms with Gasteiger partial charge in [-0.3, -0.25) is 4.79 Å². The van der Waals surface area contributed by atoms with Gasteiger partial charge in [-0.25, -0.2) is 14.6 Å². The summed E-state index contributed by atoms with van der Waals surface area (Å²) in [6.45, 7) is 8.83. The number of thiophene rings is 1. The van der Waals surface area contributed by atoms with E-state index in [9.17, 15) is 24.6 Å². The number of carbonyl (C=O) groups is 3. The fourth-order valence-electron chi connectivity index (χ4n) is 6.79. The number of fused-ring (bicyclic) bond motifs is 2. The van der Waals surface area contributed by atoms with Crippen LogP contribution in [0.2, 0.25) is 0 Å². The van der Waals surface area contributed by atoms with E-state index in [1.807, 2.05) is 79.7 Å². The Labute approximate surface area is 295 Å². The van der Waals surface area contributed by atoms with Crippen LogP contribution < -0.4 is 5.32 Å². The van der Waals surface area contributed by atoms with E-state index in [0.29, 0.717) is 36.1 Å². The van der Waals surface area contributed by atoms with Crippen LogP contribution in [0.3, 0.4) is 0 Å². The van der Waals surface area contributed by atoms with Crippen molar-refractivity contribution in [2.45, 2.75) is 66.0 Å². The van der Waals surface area contributed by atoms with Crippen LogP contribution >= 0.6 is 11.3 Å². The third-order valence-electron chi connectivity index (χ3n) is 9.03. The standard InChI is InChI=1S/C41H41N3O5S/c1-5-10-36-43-38-25(4)20-28(21-33(38)44(36)23-26-15-17-27(18-16-26)30-11-6-7-12-31(30)40(46)47)39(45)42-29(19-24(2)3)22-35-37(41(48)49)32-13-8-9-14-34(32)50-35/h6-9,11-18,20-21,24,29H,5,10,19,22-23H2,1-4H3,(H,42,45)(H,46,47)(H,48,49)/t29-/m1/s1. The van der Waals surface area contributed by atoms with Crippen LogP contribution in [0, 0.1) is 12.8 Å². The molecule has 0 saturated carbocycles. The minimum atomic E-state index is -0.963. The molecule has 8 nitrogen and oxygen atoms in total. The summed E-state index contributed by atoms with van der Waals surface area (Å²) in [6, 6.07) is 26.0. The van der Waals surface area contributed by atoms with Gasteiger partial charge in [0.05, 0.1) is 22.2 Å². The van der Waals surface area contributed by atoms with Gasteiger partial charge in [0.1, 0.15) is 5.82 Å². The lowest BCUT2D eigenvalue weighted by Gasteiger charge is -2.21. The van der Waals surface area contributed by atoms with E-state index in [4.69, 9.17) is 4.98 Å². The van der Waals surface area contributed by atoms with Gasteiger partial charge in [0.15, 0.2) is 0 Å². The first-order valence-electron chi connectivity index (χ1n) is 17.0. The van der Waals surface area contributed by atoms with Crippen molar-refractivity contribution in [2.24, 2.45) is 5.92 Å². The zero-order valence-corrected chi connectivity index (χ0v) is 29.5. The van der Waals surface area contributed by atoms with Crippen LogP contribution in [-0.4, -0.2) is 43.7 Å². The predicted molar refractivity (Wildman–Crippen MR) is 200 cm³/mol. The van der Waals surface area contributed by atoms with E-state index in [1.54, 1.807) is 12.1 Å². The Hall–Kier alpha value is -5.28. The summed E-state index contributed by atoms with van der Waals surface area (Å²) in [4.78, 5) is 43.9. The number of amides is 1. The Morgan fingerprint density at radius 3 is 2.34 bits per heavy atom. The van der Waals surface area contributed by atoms with E-state index in [2.05, 4.69) is 30.7 Å². The summed E-state index contributed by atoms with van der Waals surface area (Å²) in [5, 5.41) is 23.7. The minimum absolute atomic E-state index is 0.204. The molecule has 256 valence electrons. The number of imidazole rings is 1. The van der Waals surface area contributed by atoms with Crippen molar-refractivity contribution in [3.63, 3.8) is 0 Å². The molecule has 3 N–H and O–H groups in total. The molecular formula is C41H41N3O5S. The summed E-state index contributed by atoms with van der Waals surface area (Å²) >= 11 is 1.48. The fourth-order valence-corrected chi connectivity index (χ4v) is 8.06. The highest BCUT2D eigenvalue weighted by Gasteiger charge is 2.24. The second-order valence-electron chi connectivity index (χ2n) is 13.3. The number of aryl methyl sites for hydroxylation is 2. The van der Waals surface area contributed by atoms with Crippen LogP contribution in [0.15, 0.2) is 84.9 Å². The van der Waals surface area contributed by atoms with Crippen LogP contribution in [-0.2, 0) is 19.4 Å². The first-order valence-corrected chi connectivity index (χ1v) is 17.8. The summed E-state index contributed by atoms with van der Waals surface area (Å²) in [7, 11) is 0. The SMILES string of the molecule is CCCc1nc2c(C)cc(C(=O)N[C@@H](Cc3sc4ccccc4c3C(=O)O)CC(C)C)cc2n1Cc1ccc(-c2ccccc2C(=O)O)cc1. The first kappa shape index (κ1) is 34.6. The monoisotopic (exact) mass is 687 g/mol. The largest absolute Gasteiger partial charge is 0.478 e. The molecule has 0 radical (unpaired) electrons. The molecule has 0 aliphatic rings. The third kappa shape index (κ3) is 7.19. The molecular weight excluding hydrogens is 647 g/mol. The quantitative estimate of drug-likeness (QED) is 0.111. The van der Waals surface area contributed by atoms with Gasteiger partial charge in [0.2, 0.25) is 0 Å². The summed E-state index contributed by atoms with van der Waals surface area (Å²) in [6.07, 6.45) is 2.81. The maximum Gasteiger partial charge on any atom is 0.337 e. The van der Waals surface area contributed by atoms with Gasteiger partial charge in [-0.15, -0.1) is 11.3 Å². The van der Waals surface area contributed by atoms with Crippen molar-refractivity contribution >= 4 is 50.3 Å². The lowest BCUT2D eigenvalue weighted by atomic mass is 9.97. The number of nitrogens with zero attached hydrogens (tertiary/aromatic N) is 2. The Morgan fingerprint density at radius 1 is 0.920 bits per heavy atom. The highest BCUT2D eigenvalue weighted by molar-refractivity contribution is 7.19. The molecule has 2 aromatic heterocycles. The van der Waals surface area contributed by atoms with E-state index in [-0.39, 0.29) is 23.4 Å². The lowest BCUT2D eigenvalue weighted by molar-refractivity contribution is 0.0687. The lowest BCUT2D eigenvalue weighted by Crippen LogP contribution is -2.37. The van der Waals surface area contributed by atoms with Crippen molar-refractivity contribution in [1.82, 2.24) is 14.9 Å². The van der Waals surface area contributed by atoms with E-state index < -0.39 is 11.9 Å². The Balaban J connectivity index is 1.31. The molecule has 1 atom stereocenters. The second-order valence-corrected chi connectivity index (χ2v) is 14.4. The molecule has 2 heterocycles. The second kappa shape index (κ2) is 14.7. The number of hydrogen-bond acceptors (Lipinski definition) is 5. The molecule has 0 fully saturated rings. The molecule has 0 aliphatic carbocycles. The van der Waals surface area contributed by atoms with Gasteiger partial charge < -0.3 is 20.1 Å². The number of aromatic carboxylic acids is 2. The molecule has 9 heteroatoms. The number of benzene rings is 4.